The maximum Gasteiger partial charge on any atom is 0.329 e. The zero-order chi connectivity index (χ0) is 15.8. The van der Waals surface area contributed by atoms with Crippen molar-refractivity contribution in [1.29, 1.82) is 0 Å². The number of amides is 1. The lowest BCUT2D eigenvalue weighted by Crippen LogP contribution is -2.39. The fraction of sp³-hybridized carbons (Fsp3) is 0.545. The van der Waals surface area contributed by atoms with Crippen LogP contribution in [0.1, 0.15) is 6.92 Å². The highest BCUT2D eigenvalue weighted by atomic mass is 16.6. The fourth-order valence-electron chi connectivity index (χ4n) is 1.44. The molecule has 10 nitrogen and oxygen atoms in total. The third-order valence-electron chi connectivity index (χ3n) is 2.54. The molecule has 1 rings (SSSR count). The van der Waals surface area contributed by atoms with Crippen molar-refractivity contribution in [1.82, 2.24) is 15.3 Å². The number of nitrogens with zero attached hydrogens (tertiary/aromatic N) is 3. The minimum Gasteiger partial charge on any atom is -0.383 e. The molecule has 0 spiro atoms. The van der Waals surface area contributed by atoms with Crippen molar-refractivity contribution in [2.45, 2.75) is 13.0 Å². The molecule has 10 heteroatoms. The van der Waals surface area contributed by atoms with Crippen molar-refractivity contribution in [2.75, 3.05) is 37.9 Å². The van der Waals surface area contributed by atoms with Crippen LogP contribution in [0.25, 0.3) is 0 Å². The van der Waals surface area contributed by atoms with E-state index in [9.17, 15) is 14.9 Å². The Morgan fingerprint density at radius 2 is 2.29 bits per heavy atom. The van der Waals surface area contributed by atoms with Gasteiger partial charge in [-0.3, -0.25) is 14.9 Å². The van der Waals surface area contributed by atoms with Gasteiger partial charge in [-0.2, -0.15) is 4.98 Å². The first-order chi connectivity index (χ1) is 9.99. The molecular formula is C11H18N6O4. The van der Waals surface area contributed by atoms with Gasteiger partial charge in [-0.25, -0.2) is 4.98 Å². The van der Waals surface area contributed by atoms with Crippen LogP contribution in [0.2, 0.25) is 0 Å². The lowest BCUT2D eigenvalue weighted by atomic mass is 10.3. The molecule has 0 bridgehead atoms. The normalized spacial score (nSPS) is 11.6. The number of aromatic nitrogens is 2. The molecule has 1 atom stereocenters. The van der Waals surface area contributed by atoms with E-state index in [2.05, 4.69) is 25.9 Å². The number of nitro groups is 1. The summed E-state index contributed by atoms with van der Waals surface area (Å²) in [5.74, 6) is -0.116. The number of rotatable bonds is 8. The van der Waals surface area contributed by atoms with E-state index in [0.717, 1.165) is 6.20 Å². The van der Waals surface area contributed by atoms with E-state index in [0.29, 0.717) is 13.2 Å². The molecule has 116 valence electrons. The molecule has 1 heterocycles. The van der Waals surface area contributed by atoms with Gasteiger partial charge in [0.05, 0.1) is 11.5 Å². The predicted octanol–water partition coefficient (Wildman–Crippen LogP) is -0.0105. The number of ether oxygens (including phenoxy) is 1. The zero-order valence-corrected chi connectivity index (χ0v) is 12.0. The molecule has 0 aliphatic heterocycles. The summed E-state index contributed by atoms with van der Waals surface area (Å²) in [5, 5.41) is 18.9. The number of carbonyl (C=O) groups is 1. The van der Waals surface area contributed by atoms with Gasteiger partial charge in [0.2, 0.25) is 17.7 Å². The molecular weight excluding hydrogens is 280 g/mol. The van der Waals surface area contributed by atoms with Crippen LogP contribution in [-0.4, -0.2) is 54.1 Å². The summed E-state index contributed by atoms with van der Waals surface area (Å²) in [5.41, 5.74) is -0.300. The van der Waals surface area contributed by atoms with Crippen molar-refractivity contribution < 1.29 is 14.5 Å². The lowest BCUT2D eigenvalue weighted by Gasteiger charge is -2.14. The van der Waals surface area contributed by atoms with Gasteiger partial charge in [0.15, 0.2) is 0 Å². The molecule has 0 saturated heterocycles. The Balaban J connectivity index is 2.80. The number of hydrogen-bond donors (Lipinski definition) is 3. The van der Waals surface area contributed by atoms with E-state index in [1.165, 1.54) is 7.11 Å². The van der Waals surface area contributed by atoms with E-state index in [4.69, 9.17) is 4.74 Å². The summed E-state index contributed by atoms with van der Waals surface area (Å²) in [6.07, 6.45) is 1.08. The molecule has 0 radical (unpaired) electrons. The van der Waals surface area contributed by atoms with Crippen LogP contribution in [0.5, 0.6) is 0 Å². The Labute approximate surface area is 121 Å². The highest BCUT2D eigenvalue weighted by molar-refractivity contribution is 5.84. The highest BCUT2D eigenvalue weighted by Crippen LogP contribution is 2.22. The van der Waals surface area contributed by atoms with Gasteiger partial charge in [-0.15, -0.1) is 0 Å². The van der Waals surface area contributed by atoms with Crippen molar-refractivity contribution in [3.05, 3.63) is 16.3 Å². The van der Waals surface area contributed by atoms with Gasteiger partial charge in [0, 0.05) is 20.7 Å². The first-order valence-corrected chi connectivity index (χ1v) is 6.22. The van der Waals surface area contributed by atoms with Crippen molar-refractivity contribution >= 4 is 23.4 Å². The average Bonchev–Trinajstić information content (AvgIpc) is 2.46. The largest absolute Gasteiger partial charge is 0.383 e. The van der Waals surface area contributed by atoms with Gasteiger partial charge >= 0.3 is 5.69 Å². The summed E-state index contributed by atoms with van der Waals surface area (Å²) in [6.45, 7) is 2.32. The van der Waals surface area contributed by atoms with Crippen LogP contribution in [0, 0.1) is 10.1 Å². The first-order valence-electron chi connectivity index (χ1n) is 6.22. The van der Waals surface area contributed by atoms with Crippen LogP contribution in [0.15, 0.2) is 6.20 Å². The van der Waals surface area contributed by atoms with E-state index in [1.54, 1.807) is 14.0 Å². The molecule has 1 amide bonds. The van der Waals surface area contributed by atoms with Crippen molar-refractivity contribution in [2.24, 2.45) is 0 Å². The fourth-order valence-corrected chi connectivity index (χ4v) is 1.44. The van der Waals surface area contributed by atoms with Crippen molar-refractivity contribution in [3.8, 4) is 0 Å². The second kappa shape index (κ2) is 7.94. The smallest absolute Gasteiger partial charge is 0.329 e. The predicted molar refractivity (Wildman–Crippen MR) is 76.2 cm³/mol. The maximum absolute atomic E-state index is 11.8. The van der Waals surface area contributed by atoms with Crippen LogP contribution in [-0.2, 0) is 9.53 Å². The molecule has 0 aromatic carbocycles. The summed E-state index contributed by atoms with van der Waals surface area (Å²) < 4.78 is 4.82. The average molecular weight is 298 g/mol. The summed E-state index contributed by atoms with van der Waals surface area (Å²) >= 11 is 0. The SMILES string of the molecule is CNc1ncc([N+](=O)[O-])c(NC(C)C(=O)NCCOC)n1. The van der Waals surface area contributed by atoms with E-state index < -0.39 is 11.0 Å². The molecule has 21 heavy (non-hydrogen) atoms. The van der Waals surface area contributed by atoms with Gasteiger partial charge in [0.25, 0.3) is 0 Å². The van der Waals surface area contributed by atoms with Crippen molar-refractivity contribution in [3.63, 3.8) is 0 Å². The van der Waals surface area contributed by atoms with E-state index in [-0.39, 0.29) is 23.4 Å². The van der Waals surface area contributed by atoms with Crippen LogP contribution < -0.4 is 16.0 Å². The molecule has 0 aliphatic rings. The summed E-state index contributed by atoms with van der Waals surface area (Å²) in [4.78, 5) is 29.8. The molecule has 0 fully saturated rings. The highest BCUT2D eigenvalue weighted by Gasteiger charge is 2.21. The Morgan fingerprint density at radius 1 is 1.57 bits per heavy atom. The van der Waals surface area contributed by atoms with Gasteiger partial charge in [-0.05, 0) is 6.92 Å². The third-order valence-corrected chi connectivity index (χ3v) is 2.54. The Morgan fingerprint density at radius 3 is 2.86 bits per heavy atom. The Kier molecular flexibility index (Phi) is 6.27. The molecule has 3 N–H and O–H groups in total. The molecule has 1 aromatic heterocycles. The number of nitrogens with one attached hydrogen (secondary N) is 3. The number of anilines is 2. The minimum absolute atomic E-state index is 0.0197. The van der Waals surface area contributed by atoms with Crippen LogP contribution in [0.3, 0.4) is 0 Å². The first kappa shape index (κ1) is 16.6. The number of methoxy groups -OCH3 is 1. The molecule has 1 aromatic rings. The standard InChI is InChI=1S/C11H18N6O4/c1-7(10(18)13-4-5-21-3)15-9-8(17(19)20)6-14-11(12-2)16-9/h6-7H,4-5H2,1-3H3,(H,13,18)(H2,12,14,15,16). The summed E-state index contributed by atoms with van der Waals surface area (Å²) in [7, 11) is 3.11. The van der Waals surface area contributed by atoms with E-state index >= 15 is 0 Å². The molecule has 0 aliphatic carbocycles. The van der Waals surface area contributed by atoms with E-state index in [1.807, 2.05) is 0 Å². The third kappa shape index (κ3) is 4.84. The second-order valence-corrected chi connectivity index (χ2v) is 4.08. The summed E-state index contributed by atoms with van der Waals surface area (Å²) in [6, 6.07) is -0.694. The lowest BCUT2D eigenvalue weighted by molar-refractivity contribution is -0.384. The van der Waals surface area contributed by atoms with Crippen LogP contribution >= 0.6 is 0 Å². The Hall–Kier alpha value is -2.49. The Bertz CT molecular complexity index is 509. The quantitative estimate of drug-likeness (QED) is 0.347. The van der Waals surface area contributed by atoms with Gasteiger partial charge < -0.3 is 20.7 Å². The molecule has 0 saturated carbocycles. The van der Waals surface area contributed by atoms with Crippen LogP contribution in [0.4, 0.5) is 17.5 Å². The van der Waals surface area contributed by atoms with Gasteiger partial charge in [-0.1, -0.05) is 0 Å². The monoisotopic (exact) mass is 298 g/mol. The molecule has 1 unspecified atom stereocenters. The zero-order valence-electron chi connectivity index (χ0n) is 12.0. The van der Waals surface area contributed by atoms with Gasteiger partial charge in [0.1, 0.15) is 12.2 Å². The number of carbonyl (C=O) groups excluding carboxylic acids is 1. The topological polar surface area (TPSA) is 131 Å². The second-order valence-electron chi connectivity index (χ2n) is 4.08. The maximum atomic E-state index is 11.8. The number of hydrogen-bond acceptors (Lipinski definition) is 8. The minimum atomic E-state index is -0.694.